The number of benzene rings is 2. The van der Waals surface area contributed by atoms with E-state index in [4.69, 9.17) is 10.5 Å². The molecule has 1 aliphatic heterocycles. The molecule has 3 atom stereocenters. The van der Waals surface area contributed by atoms with E-state index in [0.717, 1.165) is 6.54 Å². The number of nitrogens with two attached hydrogens (primary N) is 1. The van der Waals surface area contributed by atoms with Gasteiger partial charge < -0.3 is 36.0 Å². The Hall–Kier alpha value is -3.63. The first-order valence-corrected chi connectivity index (χ1v) is 17.0. The van der Waals surface area contributed by atoms with E-state index >= 15 is 0 Å². The van der Waals surface area contributed by atoms with Gasteiger partial charge in [-0.3, -0.25) is 14.4 Å². The highest BCUT2D eigenvalue weighted by Crippen LogP contribution is 2.35. The molecule has 2 aromatic rings. The summed E-state index contributed by atoms with van der Waals surface area (Å²) in [5.74, 6) is 0.574. The Morgan fingerprint density at radius 3 is 2.30 bits per heavy atom. The predicted octanol–water partition coefficient (Wildman–Crippen LogP) is 5.53. The molecule has 4 rings (SSSR count). The number of carbonyl (C=O) groups excluding carboxylic acids is 3. The monoisotopic (exact) mass is 635 g/mol. The summed E-state index contributed by atoms with van der Waals surface area (Å²) >= 11 is 0. The summed E-state index contributed by atoms with van der Waals surface area (Å²) in [5.41, 5.74) is 7.89. The van der Waals surface area contributed by atoms with E-state index in [1.54, 1.807) is 35.2 Å². The van der Waals surface area contributed by atoms with E-state index < -0.39 is 0 Å². The lowest BCUT2D eigenvalue weighted by Gasteiger charge is -2.39. The number of aliphatic hydroxyl groups excluding tert-OH is 1. The molecular weight excluding hydrogens is 582 g/mol. The first-order chi connectivity index (χ1) is 22.2. The van der Waals surface area contributed by atoms with Gasteiger partial charge in [-0.2, -0.15) is 0 Å². The minimum atomic E-state index is -0.355. The van der Waals surface area contributed by atoms with Crippen LogP contribution in [0.1, 0.15) is 88.4 Å². The molecule has 10 heteroatoms. The summed E-state index contributed by atoms with van der Waals surface area (Å²) in [7, 11) is 2.14. The SMILES string of the molecule is C[C@H]1CN([C@@H](C)CO)C(=O)c2cccc(NC(=O)CCCCCC(=O)Nc3ccccc3N)c2O[C@H]1CN(C)CC1CCCCC1. The van der Waals surface area contributed by atoms with Gasteiger partial charge in [0, 0.05) is 38.4 Å². The van der Waals surface area contributed by atoms with Crippen LogP contribution in [0.15, 0.2) is 42.5 Å². The van der Waals surface area contributed by atoms with Crippen molar-refractivity contribution in [3.8, 4) is 5.75 Å². The molecule has 0 saturated heterocycles. The maximum absolute atomic E-state index is 13.8. The van der Waals surface area contributed by atoms with E-state index in [1.165, 1.54) is 32.1 Å². The van der Waals surface area contributed by atoms with E-state index in [0.29, 0.717) is 73.1 Å². The standard InChI is InChI=1S/C36H53N5O5/c1-25-21-41(26(2)24-42)36(45)28-15-12-18-31(35(28)46-32(25)23-40(3)22-27-13-6-4-7-14-27)39-34(44)20-9-5-8-19-33(43)38-30-17-11-10-16-29(30)37/h10-12,15-18,25-27,32,42H,4-9,13-14,19-24,37H2,1-3H3,(H,38,43)(H,39,44)/t25-,26-,32-/m0/s1. The second-order valence-electron chi connectivity index (χ2n) is 13.3. The van der Waals surface area contributed by atoms with Crippen LogP contribution in [0.25, 0.3) is 0 Å². The Kier molecular flexibility index (Phi) is 13.3. The van der Waals surface area contributed by atoms with Gasteiger partial charge in [0.05, 0.1) is 35.3 Å². The van der Waals surface area contributed by atoms with Gasteiger partial charge in [-0.1, -0.05) is 50.8 Å². The predicted molar refractivity (Wildman–Crippen MR) is 183 cm³/mol. The summed E-state index contributed by atoms with van der Waals surface area (Å²) in [5, 5.41) is 15.8. The molecule has 252 valence electrons. The number of unbranched alkanes of at least 4 members (excludes halogenated alkanes) is 2. The topological polar surface area (TPSA) is 137 Å². The Labute approximate surface area is 274 Å². The number of likely N-dealkylation sites (N-methyl/N-ethyl adjacent to an activating group) is 1. The average Bonchev–Trinajstić information content (AvgIpc) is 3.04. The number of nitrogens with zero attached hydrogens (tertiary/aromatic N) is 2. The highest BCUT2D eigenvalue weighted by Gasteiger charge is 2.35. The largest absolute Gasteiger partial charge is 0.486 e. The number of anilines is 3. The third kappa shape index (κ3) is 9.93. The van der Waals surface area contributed by atoms with Crippen molar-refractivity contribution in [2.24, 2.45) is 11.8 Å². The zero-order chi connectivity index (χ0) is 33.1. The Balaban J connectivity index is 1.39. The number of nitrogens with one attached hydrogen (secondary N) is 2. The van der Waals surface area contributed by atoms with Crippen molar-refractivity contribution in [1.82, 2.24) is 9.80 Å². The van der Waals surface area contributed by atoms with Gasteiger partial charge in [-0.05, 0) is 69.8 Å². The van der Waals surface area contributed by atoms with E-state index in [2.05, 4.69) is 29.5 Å². The van der Waals surface area contributed by atoms with Gasteiger partial charge >= 0.3 is 0 Å². The molecule has 2 aliphatic rings. The Morgan fingerprint density at radius 2 is 1.63 bits per heavy atom. The molecule has 0 unspecified atom stereocenters. The second kappa shape index (κ2) is 17.3. The minimum absolute atomic E-state index is 0.000745. The Bertz CT molecular complexity index is 1310. The number of fused-ring (bicyclic) bond motifs is 1. The molecule has 1 saturated carbocycles. The maximum atomic E-state index is 13.8. The van der Waals surface area contributed by atoms with Gasteiger partial charge in [0.15, 0.2) is 5.75 Å². The highest BCUT2D eigenvalue weighted by molar-refractivity contribution is 6.01. The van der Waals surface area contributed by atoms with Crippen molar-refractivity contribution < 1.29 is 24.2 Å². The number of rotatable bonds is 14. The number of nitrogen functional groups attached to an aromatic ring is 1. The fourth-order valence-corrected chi connectivity index (χ4v) is 6.54. The van der Waals surface area contributed by atoms with Crippen LogP contribution in [0.3, 0.4) is 0 Å². The molecule has 3 amide bonds. The van der Waals surface area contributed by atoms with Crippen LogP contribution in [0.2, 0.25) is 0 Å². The van der Waals surface area contributed by atoms with Crippen LogP contribution in [0, 0.1) is 11.8 Å². The van der Waals surface area contributed by atoms with E-state index in [-0.39, 0.29) is 48.8 Å². The number of amides is 3. The van der Waals surface area contributed by atoms with Crippen LogP contribution in [-0.4, -0.2) is 78.1 Å². The van der Waals surface area contributed by atoms with Crippen molar-refractivity contribution in [1.29, 1.82) is 0 Å². The first-order valence-electron chi connectivity index (χ1n) is 17.0. The second-order valence-corrected chi connectivity index (χ2v) is 13.3. The molecule has 10 nitrogen and oxygen atoms in total. The van der Waals surface area contributed by atoms with Crippen molar-refractivity contribution in [3.63, 3.8) is 0 Å². The zero-order valence-corrected chi connectivity index (χ0v) is 27.8. The molecule has 2 aromatic carbocycles. The molecular formula is C36H53N5O5. The number of carbonyl (C=O) groups is 3. The quantitative estimate of drug-likeness (QED) is 0.158. The molecule has 46 heavy (non-hydrogen) atoms. The molecule has 0 spiro atoms. The molecule has 0 radical (unpaired) electrons. The van der Waals surface area contributed by atoms with Gasteiger partial charge in [0.1, 0.15) is 6.10 Å². The summed E-state index contributed by atoms with van der Waals surface area (Å²) in [6, 6.07) is 12.1. The van der Waals surface area contributed by atoms with Crippen molar-refractivity contribution in [2.45, 2.75) is 90.2 Å². The number of hydrogen-bond donors (Lipinski definition) is 4. The fraction of sp³-hybridized carbons (Fsp3) is 0.583. The fourth-order valence-electron chi connectivity index (χ4n) is 6.54. The molecule has 1 heterocycles. The lowest BCUT2D eigenvalue weighted by Crippen LogP contribution is -2.50. The zero-order valence-electron chi connectivity index (χ0n) is 27.8. The summed E-state index contributed by atoms with van der Waals surface area (Å²) in [4.78, 5) is 43.2. The number of ether oxygens (including phenoxy) is 1. The van der Waals surface area contributed by atoms with Crippen LogP contribution < -0.4 is 21.1 Å². The number of aliphatic hydroxyl groups is 1. The van der Waals surface area contributed by atoms with Crippen molar-refractivity contribution >= 4 is 34.8 Å². The third-order valence-electron chi connectivity index (χ3n) is 9.29. The molecule has 1 fully saturated rings. The van der Waals surface area contributed by atoms with Crippen LogP contribution in [0.4, 0.5) is 17.1 Å². The number of hydrogen-bond acceptors (Lipinski definition) is 7. The lowest BCUT2D eigenvalue weighted by molar-refractivity contribution is -0.116. The van der Waals surface area contributed by atoms with E-state index in [9.17, 15) is 19.5 Å². The molecule has 0 bridgehead atoms. The lowest BCUT2D eigenvalue weighted by atomic mass is 9.89. The highest BCUT2D eigenvalue weighted by atomic mass is 16.5. The minimum Gasteiger partial charge on any atom is -0.486 e. The summed E-state index contributed by atoms with van der Waals surface area (Å²) < 4.78 is 6.68. The van der Waals surface area contributed by atoms with Crippen LogP contribution in [0.5, 0.6) is 5.75 Å². The van der Waals surface area contributed by atoms with Gasteiger partial charge in [0.25, 0.3) is 5.91 Å². The normalized spacial score (nSPS) is 19.5. The summed E-state index contributed by atoms with van der Waals surface area (Å²) in [6.07, 6.45) is 8.82. The molecule has 0 aromatic heterocycles. The van der Waals surface area contributed by atoms with E-state index in [1.807, 2.05) is 19.1 Å². The first kappa shape index (κ1) is 35.2. The maximum Gasteiger partial charge on any atom is 0.258 e. The average molecular weight is 636 g/mol. The van der Waals surface area contributed by atoms with Crippen molar-refractivity contribution in [2.75, 3.05) is 49.7 Å². The third-order valence-corrected chi connectivity index (χ3v) is 9.29. The molecule has 1 aliphatic carbocycles. The summed E-state index contributed by atoms with van der Waals surface area (Å²) in [6.45, 7) is 5.97. The smallest absolute Gasteiger partial charge is 0.258 e. The number of para-hydroxylation sites is 3. The van der Waals surface area contributed by atoms with Crippen LogP contribution in [-0.2, 0) is 9.59 Å². The Morgan fingerprint density at radius 1 is 0.978 bits per heavy atom. The van der Waals surface area contributed by atoms with Crippen molar-refractivity contribution in [3.05, 3.63) is 48.0 Å². The van der Waals surface area contributed by atoms with Gasteiger partial charge in [-0.25, -0.2) is 0 Å². The molecule has 5 N–H and O–H groups in total. The van der Waals surface area contributed by atoms with Gasteiger partial charge in [0.2, 0.25) is 11.8 Å². The van der Waals surface area contributed by atoms with Crippen LogP contribution >= 0.6 is 0 Å². The van der Waals surface area contributed by atoms with Gasteiger partial charge in [-0.15, -0.1) is 0 Å².